The summed E-state index contributed by atoms with van der Waals surface area (Å²) in [5.74, 6) is -0.349. The average Bonchev–Trinajstić information content (AvgIpc) is 3.14. The SMILES string of the molecule is O=C(Nc1ccc2c(c1)Cc1ccccc1-2)c1nn[nH]n1. The highest BCUT2D eigenvalue weighted by Gasteiger charge is 2.18. The van der Waals surface area contributed by atoms with Crippen LogP contribution >= 0.6 is 0 Å². The first-order chi connectivity index (χ1) is 10.3. The number of fused-ring (bicyclic) bond motifs is 3. The number of carbonyl (C=O) groups excluding carboxylic acids is 1. The molecule has 0 aliphatic heterocycles. The van der Waals surface area contributed by atoms with E-state index < -0.39 is 0 Å². The predicted octanol–water partition coefficient (Wildman–Crippen LogP) is 2.02. The number of amides is 1. The molecule has 21 heavy (non-hydrogen) atoms. The number of rotatable bonds is 2. The summed E-state index contributed by atoms with van der Waals surface area (Å²) >= 11 is 0. The van der Waals surface area contributed by atoms with Crippen molar-refractivity contribution in [1.82, 2.24) is 20.6 Å². The van der Waals surface area contributed by atoms with Crippen LogP contribution in [0.15, 0.2) is 42.5 Å². The van der Waals surface area contributed by atoms with Crippen molar-refractivity contribution in [3.05, 3.63) is 59.4 Å². The Morgan fingerprint density at radius 2 is 1.95 bits per heavy atom. The molecule has 1 aliphatic carbocycles. The molecule has 3 aromatic rings. The van der Waals surface area contributed by atoms with Gasteiger partial charge in [-0.1, -0.05) is 30.3 Å². The van der Waals surface area contributed by atoms with Crippen LogP contribution in [-0.2, 0) is 6.42 Å². The summed E-state index contributed by atoms with van der Waals surface area (Å²) in [6, 6.07) is 14.3. The lowest BCUT2D eigenvalue weighted by atomic mass is 10.1. The van der Waals surface area contributed by atoms with E-state index in [1.54, 1.807) is 0 Å². The molecule has 1 amide bonds. The first kappa shape index (κ1) is 11.8. The van der Waals surface area contributed by atoms with Gasteiger partial charge in [0.2, 0.25) is 0 Å². The van der Waals surface area contributed by atoms with Crippen molar-refractivity contribution in [3.63, 3.8) is 0 Å². The molecule has 1 aromatic heterocycles. The normalized spacial score (nSPS) is 11.8. The van der Waals surface area contributed by atoms with Gasteiger partial charge in [0.05, 0.1) is 0 Å². The van der Waals surface area contributed by atoms with Crippen LogP contribution in [0.4, 0.5) is 5.69 Å². The number of hydrogen-bond acceptors (Lipinski definition) is 4. The van der Waals surface area contributed by atoms with Gasteiger partial charge in [0.25, 0.3) is 11.7 Å². The number of H-pyrrole nitrogens is 1. The van der Waals surface area contributed by atoms with E-state index in [0.29, 0.717) is 0 Å². The van der Waals surface area contributed by atoms with E-state index in [2.05, 4.69) is 38.1 Å². The van der Waals surface area contributed by atoms with Gasteiger partial charge in [-0.25, -0.2) is 0 Å². The van der Waals surface area contributed by atoms with Gasteiger partial charge in [-0.15, -0.1) is 10.2 Å². The molecule has 0 saturated carbocycles. The number of aromatic amines is 1. The van der Waals surface area contributed by atoms with Crippen molar-refractivity contribution < 1.29 is 4.79 Å². The monoisotopic (exact) mass is 277 g/mol. The highest BCUT2D eigenvalue weighted by atomic mass is 16.2. The molecule has 0 bridgehead atoms. The van der Waals surface area contributed by atoms with Crippen LogP contribution in [0, 0.1) is 0 Å². The lowest BCUT2D eigenvalue weighted by Gasteiger charge is -2.05. The molecule has 4 rings (SSSR count). The molecule has 1 aliphatic rings. The minimum absolute atomic E-state index is 0.0267. The number of carbonyl (C=O) groups is 1. The Labute approximate surface area is 120 Å². The third-order valence-corrected chi connectivity index (χ3v) is 3.60. The van der Waals surface area contributed by atoms with E-state index in [0.717, 1.165) is 12.1 Å². The van der Waals surface area contributed by atoms with Crippen molar-refractivity contribution in [2.24, 2.45) is 0 Å². The minimum atomic E-state index is -0.376. The zero-order valence-electron chi connectivity index (χ0n) is 11.0. The van der Waals surface area contributed by atoms with E-state index >= 15 is 0 Å². The number of nitrogens with one attached hydrogen (secondary N) is 2. The largest absolute Gasteiger partial charge is 0.319 e. The van der Waals surface area contributed by atoms with Crippen LogP contribution in [0.2, 0.25) is 0 Å². The molecule has 0 fully saturated rings. The molecule has 2 N–H and O–H groups in total. The number of hydrogen-bond donors (Lipinski definition) is 2. The van der Waals surface area contributed by atoms with Crippen molar-refractivity contribution >= 4 is 11.6 Å². The highest BCUT2D eigenvalue weighted by Crippen LogP contribution is 2.37. The number of anilines is 1. The highest BCUT2D eigenvalue weighted by molar-refractivity contribution is 6.01. The van der Waals surface area contributed by atoms with E-state index in [4.69, 9.17) is 0 Å². The molecular formula is C15H11N5O. The van der Waals surface area contributed by atoms with Crippen molar-refractivity contribution in [2.45, 2.75) is 6.42 Å². The quantitative estimate of drug-likeness (QED) is 0.587. The van der Waals surface area contributed by atoms with Crippen LogP contribution in [0.25, 0.3) is 11.1 Å². The van der Waals surface area contributed by atoms with Gasteiger partial charge >= 0.3 is 0 Å². The Morgan fingerprint density at radius 3 is 2.81 bits per heavy atom. The predicted molar refractivity (Wildman–Crippen MR) is 76.8 cm³/mol. The number of tetrazole rings is 1. The molecule has 0 unspecified atom stereocenters. The molecule has 6 heteroatoms. The standard InChI is InChI=1S/C15H11N5O/c21-15(14-17-19-20-18-14)16-11-5-6-13-10(8-11)7-9-3-1-2-4-12(9)13/h1-6,8H,7H2,(H,16,21)(H,17,18,19,20). The second kappa shape index (κ2) is 4.52. The molecule has 0 spiro atoms. The van der Waals surface area contributed by atoms with Crippen molar-refractivity contribution in [2.75, 3.05) is 5.32 Å². The zero-order valence-corrected chi connectivity index (χ0v) is 11.0. The van der Waals surface area contributed by atoms with Crippen molar-refractivity contribution in [3.8, 4) is 11.1 Å². The smallest absolute Gasteiger partial charge is 0.297 e. The van der Waals surface area contributed by atoms with E-state index in [-0.39, 0.29) is 11.7 Å². The average molecular weight is 277 g/mol. The van der Waals surface area contributed by atoms with Gasteiger partial charge in [-0.3, -0.25) is 4.79 Å². The second-order valence-electron chi connectivity index (χ2n) is 4.90. The van der Waals surface area contributed by atoms with Crippen molar-refractivity contribution in [1.29, 1.82) is 0 Å². The second-order valence-corrected chi connectivity index (χ2v) is 4.90. The molecule has 2 aromatic carbocycles. The molecule has 0 saturated heterocycles. The van der Waals surface area contributed by atoms with Gasteiger partial charge in [-0.05, 0) is 46.0 Å². The van der Waals surface area contributed by atoms with E-state index in [1.807, 2.05) is 30.3 Å². The van der Waals surface area contributed by atoms with Crippen LogP contribution in [-0.4, -0.2) is 26.5 Å². The Bertz CT molecular complexity index is 826. The first-order valence-corrected chi connectivity index (χ1v) is 6.57. The van der Waals surface area contributed by atoms with Gasteiger partial charge in [0.1, 0.15) is 0 Å². The molecule has 102 valence electrons. The fourth-order valence-electron chi connectivity index (χ4n) is 2.67. The Morgan fingerprint density at radius 1 is 1.10 bits per heavy atom. The Kier molecular flexibility index (Phi) is 2.53. The first-order valence-electron chi connectivity index (χ1n) is 6.57. The fraction of sp³-hybridized carbons (Fsp3) is 0.0667. The lowest BCUT2D eigenvalue weighted by molar-refractivity contribution is 0.101. The van der Waals surface area contributed by atoms with Gasteiger partial charge in [0.15, 0.2) is 0 Å². The summed E-state index contributed by atoms with van der Waals surface area (Å²) in [5.41, 5.74) is 5.75. The summed E-state index contributed by atoms with van der Waals surface area (Å²) in [6.07, 6.45) is 0.886. The summed E-state index contributed by atoms with van der Waals surface area (Å²) < 4.78 is 0. The maximum atomic E-state index is 11.9. The molecule has 0 radical (unpaired) electrons. The number of benzene rings is 2. The lowest BCUT2D eigenvalue weighted by Crippen LogP contribution is -2.13. The Hall–Kier alpha value is -3.02. The molecule has 6 nitrogen and oxygen atoms in total. The summed E-state index contributed by atoms with van der Waals surface area (Å²) in [4.78, 5) is 11.9. The Balaban J connectivity index is 1.63. The summed E-state index contributed by atoms with van der Waals surface area (Å²) in [6.45, 7) is 0. The van der Waals surface area contributed by atoms with Crippen LogP contribution in [0.5, 0.6) is 0 Å². The maximum absolute atomic E-state index is 11.9. The molecule has 0 atom stereocenters. The fourth-order valence-corrected chi connectivity index (χ4v) is 2.67. The van der Waals surface area contributed by atoms with Gasteiger partial charge in [0, 0.05) is 5.69 Å². The topological polar surface area (TPSA) is 83.6 Å². The molecular weight excluding hydrogens is 266 g/mol. The zero-order chi connectivity index (χ0) is 14.2. The molecule has 1 heterocycles. The van der Waals surface area contributed by atoms with Crippen LogP contribution in [0.1, 0.15) is 21.7 Å². The van der Waals surface area contributed by atoms with E-state index in [1.165, 1.54) is 22.3 Å². The maximum Gasteiger partial charge on any atom is 0.297 e. The summed E-state index contributed by atoms with van der Waals surface area (Å²) in [7, 11) is 0. The minimum Gasteiger partial charge on any atom is -0.319 e. The third-order valence-electron chi connectivity index (χ3n) is 3.60. The van der Waals surface area contributed by atoms with Crippen LogP contribution in [0.3, 0.4) is 0 Å². The third kappa shape index (κ3) is 1.97. The number of aromatic nitrogens is 4. The summed E-state index contributed by atoms with van der Waals surface area (Å²) in [5, 5.41) is 15.7. The van der Waals surface area contributed by atoms with Gasteiger partial charge < -0.3 is 5.32 Å². The van der Waals surface area contributed by atoms with Gasteiger partial charge in [-0.2, -0.15) is 5.21 Å². The number of nitrogens with zero attached hydrogens (tertiary/aromatic N) is 3. The van der Waals surface area contributed by atoms with Crippen LogP contribution < -0.4 is 5.32 Å². The van der Waals surface area contributed by atoms with E-state index in [9.17, 15) is 4.79 Å².